The summed E-state index contributed by atoms with van der Waals surface area (Å²) < 4.78 is 5.65. The minimum Gasteiger partial charge on any atom is -0.489 e. The van der Waals surface area contributed by atoms with Crippen molar-refractivity contribution < 1.29 is 9.66 Å². The van der Waals surface area contributed by atoms with Crippen LogP contribution in [0.2, 0.25) is 0 Å². The van der Waals surface area contributed by atoms with Gasteiger partial charge in [0.05, 0.1) is 4.92 Å². The monoisotopic (exact) mass is 287 g/mol. The minimum absolute atomic E-state index is 0.0695. The number of nitrogens with two attached hydrogens (primary N) is 1. The molecule has 21 heavy (non-hydrogen) atoms. The molecule has 0 heterocycles. The highest BCUT2D eigenvalue weighted by Gasteiger charge is 2.16. The fourth-order valence-electron chi connectivity index (χ4n) is 2.01. The van der Waals surface area contributed by atoms with Crippen LogP contribution in [0.15, 0.2) is 42.5 Å². The Hall–Kier alpha value is -2.60. The van der Waals surface area contributed by atoms with Gasteiger partial charge in [-0.3, -0.25) is 16.0 Å². The summed E-state index contributed by atoms with van der Waals surface area (Å²) >= 11 is 0. The molecule has 6 nitrogen and oxygen atoms in total. The van der Waals surface area contributed by atoms with Crippen molar-refractivity contribution in [3.8, 4) is 5.75 Å². The Balaban J connectivity index is 2.15. The van der Waals surface area contributed by atoms with Gasteiger partial charge in [-0.2, -0.15) is 0 Å². The molecule has 0 fully saturated rings. The molecule has 0 aromatic heterocycles. The van der Waals surface area contributed by atoms with E-state index in [4.69, 9.17) is 10.6 Å². The van der Waals surface area contributed by atoms with Gasteiger partial charge in [0, 0.05) is 11.6 Å². The van der Waals surface area contributed by atoms with E-state index in [2.05, 4.69) is 12.3 Å². The highest BCUT2D eigenvalue weighted by atomic mass is 16.6. The van der Waals surface area contributed by atoms with Gasteiger partial charge in [-0.15, -0.1) is 0 Å². The predicted octanol–water partition coefficient (Wildman–Crippen LogP) is 3.02. The molecule has 2 aromatic rings. The molecule has 3 N–H and O–H groups in total. The van der Waals surface area contributed by atoms with Gasteiger partial charge >= 0.3 is 0 Å². The summed E-state index contributed by atoms with van der Waals surface area (Å²) in [5.74, 6) is 6.10. The Labute approximate surface area is 122 Å². The number of aryl methyl sites for hydroxylation is 1. The molecular weight excluding hydrogens is 270 g/mol. The number of hydrogen-bond acceptors (Lipinski definition) is 5. The number of nitrogens with one attached hydrogen (secondary N) is 1. The van der Waals surface area contributed by atoms with E-state index in [0.717, 1.165) is 6.42 Å². The van der Waals surface area contributed by atoms with Crippen molar-refractivity contribution in [1.82, 2.24) is 0 Å². The number of nitro groups is 1. The Kier molecular flexibility index (Phi) is 4.73. The lowest BCUT2D eigenvalue weighted by atomic mass is 10.1. The summed E-state index contributed by atoms with van der Waals surface area (Å²) in [7, 11) is 0. The van der Waals surface area contributed by atoms with Gasteiger partial charge in [0.1, 0.15) is 18.0 Å². The third kappa shape index (κ3) is 3.49. The zero-order chi connectivity index (χ0) is 15.2. The first-order valence-electron chi connectivity index (χ1n) is 6.60. The van der Waals surface area contributed by atoms with E-state index in [1.807, 2.05) is 24.3 Å². The van der Waals surface area contributed by atoms with Crippen LogP contribution in [0.1, 0.15) is 18.1 Å². The van der Waals surface area contributed by atoms with E-state index in [1.54, 1.807) is 12.1 Å². The second-order valence-corrected chi connectivity index (χ2v) is 4.50. The van der Waals surface area contributed by atoms with E-state index < -0.39 is 4.92 Å². The average Bonchev–Trinajstić information content (AvgIpc) is 2.52. The molecule has 6 heteroatoms. The number of hydrazine groups is 1. The van der Waals surface area contributed by atoms with E-state index in [-0.39, 0.29) is 18.0 Å². The standard InChI is InChI=1S/C15H17N3O3/c1-2-11-6-8-13(9-7-11)21-10-12-4-3-5-14(18(19)20)15(12)17-16/h3-9,17H,2,10,16H2,1H3. The topological polar surface area (TPSA) is 90.4 Å². The Bertz CT molecular complexity index is 627. The molecule has 0 bridgehead atoms. The molecule has 0 spiro atoms. The molecule has 0 aliphatic rings. The summed E-state index contributed by atoms with van der Waals surface area (Å²) in [5.41, 5.74) is 4.43. The summed E-state index contributed by atoms with van der Waals surface area (Å²) in [6.07, 6.45) is 0.965. The smallest absolute Gasteiger partial charge is 0.294 e. The minimum atomic E-state index is -0.477. The number of nitrogen functional groups attached to an aromatic ring is 1. The molecule has 0 aliphatic carbocycles. The maximum absolute atomic E-state index is 10.9. The van der Waals surface area contributed by atoms with Gasteiger partial charge in [0.2, 0.25) is 0 Å². The number of benzene rings is 2. The lowest BCUT2D eigenvalue weighted by Gasteiger charge is -2.11. The van der Waals surface area contributed by atoms with Crippen LogP contribution in [0.25, 0.3) is 0 Å². The zero-order valence-corrected chi connectivity index (χ0v) is 11.7. The molecule has 0 saturated heterocycles. The Morgan fingerprint density at radius 3 is 2.52 bits per heavy atom. The summed E-state index contributed by atoms with van der Waals surface area (Å²) in [6, 6.07) is 12.5. The highest BCUT2D eigenvalue weighted by Crippen LogP contribution is 2.28. The highest BCUT2D eigenvalue weighted by molar-refractivity contribution is 5.65. The molecule has 2 rings (SSSR count). The largest absolute Gasteiger partial charge is 0.489 e. The van der Waals surface area contributed by atoms with Crippen molar-refractivity contribution in [3.63, 3.8) is 0 Å². The molecule has 0 unspecified atom stereocenters. The van der Waals surface area contributed by atoms with Crippen LogP contribution >= 0.6 is 0 Å². The van der Waals surface area contributed by atoms with Gasteiger partial charge in [-0.1, -0.05) is 31.2 Å². The normalized spacial score (nSPS) is 10.2. The van der Waals surface area contributed by atoms with Crippen molar-refractivity contribution in [3.05, 3.63) is 63.7 Å². The first-order valence-corrected chi connectivity index (χ1v) is 6.60. The van der Waals surface area contributed by atoms with Crippen LogP contribution in [0.4, 0.5) is 11.4 Å². The van der Waals surface area contributed by atoms with Gasteiger partial charge < -0.3 is 10.2 Å². The van der Waals surface area contributed by atoms with Crippen LogP contribution < -0.4 is 16.0 Å². The maximum Gasteiger partial charge on any atom is 0.294 e. The van der Waals surface area contributed by atoms with Crippen LogP contribution in [-0.4, -0.2) is 4.92 Å². The van der Waals surface area contributed by atoms with Crippen LogP contribution in [0, 0.1) is 10.1 Å². The Morgan fingerprint density at radius 1 is 1.24 bits per heavy atom. The second kappa shape index (κ2) is 6.71. The number of nitrogens with zero attached hydrogens (tertiary/aromatic N) is 1. The third-order valence-corrected chi connectivity index (χ3v) is 3.20. The second-order valence-electron chi connectivity index (χ2n) is 4.50. The number of nitro benzene ring substituents is 1. The predicted molar refractivity (Wildman–Crippen MR) is 81.1 cm³/mol. The van der Waals surface area contributed by atoms with Crippen molar-refractivity contribution in [2.75, 3.05) is 5.43 Å². The van der Waals surface area contributed by atoms with Crippen molar-refractivity contribution in [1.29, 1.82) is 0 Å². The zero-order valence-electron chi connectivity index (χ0n) is 11.7. The Morgan fingerprint density at radius 2 is 1.95 bits per heavy atom. The molecule has 0 aliphatic heterocycles. The summed E-state index contributed by atoms with van der Waals surface area (Å²) in [6.45, 7) is 2.28. The molecule has 0 radical (unpaired) electrons. The molecule has 0 saturated carbocycles. The first-order chi connectivity index (χ1) is 10.2. The lowest BCUT2D eigenvalue weighted by Crippen LogP contribution is -2.12. The number of rotatable bonds is 6. The van der Waals surface area contributed by atoms with Crippen LogP contribution in [-0.2, 0) is 13.0 Å². The third-order valence-electron chi connectivity index (χ3n) is 3.20. The number of ether oxygens (including phenoxy) is 1. The molecular formula is C15H17N3O3. The van der Waals surface area contributed by atoms with Crippen molar-refractivity contribution in [2.24, 2.45) is 5.84 Å². The van der Waals surface area contributed by atoms with Crippen LogP contribution in [0.3, 0.4) is 0 Å². The summed E-state index contributed by atoms with van der Waals surface area (Å²) in [4.78, 5) is 10.5. The van der Waals surface area contributed by atoms with Gasteiger partial charge in [-0.05, 0) is 24.1 Å². The van der Waals surface area contributed by atoms with Gasteiger partial charge in [-0.25, -0.2) is 0 Å². The van der Waals surface area contributed by atoms with Gasteiger partial charge in [0.25, 0.3) is 5.69 Å². The van der Waals surface area contributed by atoms with Crippen LogP contribution in [0.5, 0.6) is 5.75 Å². The van der Waals surface area contributed by atoms with Crippen molar-refractivity contribution >= 4 is 11.4 Å². The molecule has 0 atom stereocenters. The fraction of sp³-hybridized carbons (Fsp3) is 0.200. The first kappa shape index (κ1) is 14.8. The average molecular weight is 287 g/mol. The fourth-order valence-corrected chi connectivity index (χ4v) is 2.01. The van der Waals surface area contributed by atoms with Gasteiger partial charge in [0.15, 0.2) is 0 Å². The number of hydrogen-bond donors (Lipinski definition) is 2. The summed E-state index contributed by atoms with van der Waals surface area (Å²) in [5, 5.41) is 10.9. The quantitative estimate of drug-likeness (QED) is 0.484. The maximum atomic E-state index is 10.9. The number of anilines is 1. The van der Waals surface area contributed by atoms with Crippen molar-refractivity contribution in [2.45, 2.75) is 20.0 Å². The van der Waals surface area contributed by atoms with E-state index in [1.165, 1.54) is 11.6 Å². The molecule has 2 aromatic carbocycles. The molecule has 110 valence electrons. The lowest BCUT2D eigenvalue weighted by molar-refractivity contribution is -0.384. The van der Waals surface area contributed by atoms with E-state index in [9.17, 15) is 10.1 Å². The van der Waals surface area contributed by atoms with E-state index >= 15 is 0 Å². The van der Waals surface area contributed by atoms with E-state index in [0.29, 0.717) is 11.3 Å². The SMILES string of the molecule is CCc1ccc(OCc2cccc([N+](=O)[O-])c2NN)cc1. The molecule has 0 amide bonds. The number of para-hydroxylation sites is 1.